The molecule has 1 aromatic heterocycles. The van der Waals surface area contributed by atoms with Crippen molar-refractivity contribution in [3.05, 3.63) is 95.1 Å². The molecule has 1 amide bonds. The second-order valence-corrected chi connectivity index (χ2v) is 9.19. The average Bonchev–Trinajstić information content (AvgIpc) is 3.22. The Morgan fingerprint density at radius 3 is 2.39 bits per heavy atom. The van der Waals surface area contributed by atoms with Crippen LogP contribution < -0.4 is 5.32 Å². The molecule has 0 aliphatic carbocycles. The van der Waals surface area contributed by atoms with Crippen LogP contribution in [0.3, 0.4) is 0 Å². The fourth-order valence-corrected chi connectivity index (χ4v) is 4.69. The first-order valence-electron chi connectivity index (χ1n) is 11.5. The lowest BCUT2D eigenvalue weighted by molar-refractivity contribution is -0.137. The molecule has 1 heterocycles. The number of hydrogen-bond acceptors (Lipinski definition) is 4. The molecular formula is C27H26F3N3O2S. The number of carbonyl (C=O) groups is 1. The molecule has 0 atom stereocenters. The SMILES string of the molecule is COCCCNC(=O)c1ccc(Cn2c(SCc3ccc(C(F)(F)F)cc3)nc3ccccc32)cc1. The number of para-hydroxylation sites is 2. The van der Waals surface area contributed by atoms with Gasteiger partial charge in [-0.2, -0.15) is 13.2 Å². The highest BCUT2D eigenvalue weighted by Gasteiger charge is 2.29. The smallest absolute Gasteiger partial charge is 0.385 e. The number of nitrogens with zero attached hydrogens (tertiary/aromatic N) is 2. The van der Waals surface area contributed by atoms with Crippen LogP contribution in [0.1, 0.15) is 33.5 Å². The van der Waals surface area contributed by atoms with E-state index in [1.165, 1.54) is 23.9 Å². The van der Waals surface area contributed by atoms with Crippen molar-refractivity contribution < 1.29 is 22.7 Å². The van der Waals surface area contributed by atoms with Crippen LogP contribution in [0.5, 0.6) is 0 Å². The molecule has 1 N–H and O–H groups in total. The number of amides is 1. The van der Waals surface area contributed by atoms with Gasteiger partial charge in [-0.3, -0.25) is 4.79 Å². The number of aromatic nitrogens is 2. The summed E-state index contributed by atoms with van der Waals surface area (Å²) in [6.07, 6.45) is -3.60. The quantitative estimate of drug-likeness (QED) is 0.204. The number of carbonyl (C=O) groups excluding carboxylic acids is 1. The highest BCUT2D eigenvalue weighted by atomic mass is 32.2. The summed E-state index contributed by atoms with van der Waals surface area (Å²) in [5, 5.41) is 3.65. The van der Waals surface area contributed by atoms with Crippen molar-refractivity contribution in [3.63, 3.8) is 0 Å². The maximum atomic E-state index is 12.9. The summed E-state index contributed by atoms with van der Waals surface area (Å²) in [5.41, 5.74) is 3.53. The fraction of sp³-hybridized carbons (Fsp3) is 0.259. The number of alkyl halides is 3. The Kier molecular flexibility index (Phi) is 8.32. The fourth-order valence-electron chi connectivity index (χ4n) is 3.72. The summed E-state index contributed by atoms with van der Waals surface area (Å²) in [6.45, 7) is 1.69. The van der Waals surface area contributed by atoms with Crippen molar-refractivity contribution >= 4 is 28.7 Å². The molecular weight excluding hydrogens is 487 g/mol. The molecule has 5 nitrogen and oxygen atoms in total. The van der Waals surface area contributed by atoms with E-state index in [0.29, 0.717) is 31.0 Å². The lowest BCUT2D eigenvalue weighted by Gasteiger charge is -2.11. The summed E-state index contributed by atoms with van der Waals surface area (Å²) in [4.78, 5) is 17.1. The first-order chi connectivity index (χ1) is 17.3. The number of methoxy groups -OCH3 is 1. The van der Waals surface area contributed by atoms with Crippen molar-refractivity contribution in [2.75, 3.05) is 20.3 Å². The van der Waals surface area contributed by atoms with Gasteiger partial charge in [0.2, 0.25) is 0 Å². The van der Waals surface area contributed by atoms with E-state index in [1.54, 1.807) is 19.2 Å². The van der Waals surface area contributed by atoms with E-state index in [0.717, 1.165) is 45.9 Å². The molecule has 0 unspecified atom stereocenters. The second kappa shape index (κ2) is 11.6. The molecule has 0 aliphatic rings. The van der Waals surface area contributed by atoms with Gasteiger partial charge in [-0.25, -0.2) is 4.98 Å². The molecule has 4 aromatic rings. The molecule has 0 saturated carbocycles. The minimum Gasteiger partial charge on any atom is -0.385 e. The Morgan fingerprint density at radius 1 is 1.00 bits per heavy atom. The first-order valence-corrected chi connectivity index (χ1v) is 12.4. The molecule has 188 valence electrons. The minimum atomic E-state index is -4.35. The van der Waals surface area contributed by atoms with Crippen LogP contribution in [0, 0.1) is 0 Å². The molecule has 4 rings (SSSR count). The third-order valence-corrected chi connectivity index (χ3v) is 6.68. The monoisotopic (exact) mass is 513 g/mol. The molecule has 9 heteroatoms. The first kappa shape index (κ1) is 25.8. The summed E-state index contributed by atoms with van der Waals surface area (Å²) in [6, 6.07) is 20.5. The predicted molar refractivity (Wildman–Crippen MR) is 135 cm³/mol. The van der Waals surface area contributed by atoms with Crippen molar-refractivity contribution in [2.24, 2.45) is 0 Å². The van der Waals surface area contributed by atoms with E-state index in [4.69, 9.17) is 9.72 Å². The topological polar surface area (TPSA) is 56.1 Å². The van der Waals surface area contributed by atoms with Gasteiger partial charge in [0, 0.05) is 31.6 Å². The summed E-state index contributed by atoms with van der Waals surface area (Å²) in [7, 11) is 1.63. The number of thioether (sulfide) groups is 1. The van der Waals surface area contributed by atoms with Crippen LogP contribution >= 0.6 is 11.8 Å². The minimum absolute atomic E-state index is 0.126. The molecule has 0 radical (unpaired) electrons. The van der Waals surface area contributed by atoms with Crippen molar-refractivity contribution in [2.45, 2.75) is 30.1 Å². The highest BCUT2D eigenvalue weighted by Crippen LogP contribution is 2.31. The van der Waals surface area contributed by atoms with Crippen LogP contribution in [0.2, 0.25) is 0 Å². The molecule has 0 spiro atoms. The zero-order chi connectivity index (χ0) is 25.5. The highest BCUT2D eigenvalue weighted by molar-refractivity contribution is 7.98. The van der Waals surface area contributed by atoms with Crippen molar-refractivity contribution in [1.29, 1.82) is 0 Å². The van der Waals surface area contributed by atoms with E-state index >= 15 is 0 Å². The number of ether oxygens (including phenoxy) is 1. The van der Waals surface area contributed by atoms with Gasteiger partial charge in [0.05, 0.1) is 23.1 Å². The number of rotatable bonds is 10. The standard InChI is InChI=1S/C27H26F3N3O2S/c1-35-16-4-15-31-25(34)21-11-7-19(8-12-21)17-33-24-6-3-2-5-23(24)32-26(33)36-18-20-9-13-22(14-10-20)27(28,29)30/h2-3,5-14H,4,15-18H2,1H3,(H,31,34). The van der Waals surface area contributed by atoms with Crippen LogP contribution in [-0.2, 0) is 23.2 Å². The molecule has 0 fully saturated rings. The predicted octanol–water partition coefficient (Wildman–Crippen LogP) is 6.16. The number of fused-ring (bicyclic) bond motifs is 1. The normalized spacial score (nSPS) is 11.7. The van der Waals surface area contributed by atoms with Gasteiger partial charge in [0.25, 0.3) is 5.91 Å². The van der Waals surface area contributed by atoms with Gasteiger partial charge >= 0.3 is 6.18 Å². The Balaban J connectivity index is 1.47. The van der Waals surface area contributed by atoms with Gasteiger partial charge in [0.15, 0.2) is 5.16 Å². The van der Waals surface area contributed by atoms with Crippen LogP contribution in [0.25, 0.3) is 11.0 Å². The van der Waals surface area contributed by atoms with Gasteiger partial charge in [-0.05, 0) is 53.9 Å². The van der Waals surface area contributed by atoms with Crippen LogP contribution in [0.4, 0.5) is 13.2 Å². The van der Waals surface area contributed by atoms with E-state index in [2.05, 4.69) is 9.88 Å². The number of halogens is 3. The molecule has 0 bridgehead atoms. The molecule has 0 saturated heterocycles. The van der Waals surface area contributed by atoms with Crippen LogP contribution in [0.15, 0.2) is 78.0 Å². The van der Waals surface area contributed by atoms with E-state index in [9.17, 15) is 18.0 Å². The van der Waals surface area contributed by atoms with E-state index in [1.807, 2.05) is 36.4 Å². The Labute approximate surface area is 211 Å². The van der Waals surface area contributed by atoms with Gasteiger partial charge in [0.1, 0.15) is 0 Å². The lowest BCUT2D eigenvalue weighted by Crippen LogP contribution is -2.25. The largest absolute Gasteiger partial charge is 0.416 e. The maximum Gasteiger partial charge on any atom is 0.416 e. The summed E-state index contributed by atoms with van der Waals surface area (Å²) >= 11 is 1.48. The zero-order valence-corrected chi connectivity index (χ0v) is 20.5. The summed E-state index contributed by atoms with van der Waals surface area (Å²) < 4.78 is 45.6. The number of nitrogens with one attached hydrogen (secondary N) is 1. The Morgan fingerprint density at radius 2 is 1.69 bits per heavy atom. The second-order valence-electron chi connectivity index (χ2n) is 8.25. The third-order valence-electron chi connectivity index (χ3n) is 5.64. The van der Waals surface area contributed by atoms with Crippen molar-refractivity contribution in [1.82, 2.24) is 14.9 Å². The maximum absolute atomic E-state index is 12.9. The van der Waals surface area contributed by atoms with Gasteiger partial charge in [-0.15, -0.1) is 0 Å². The van der Waals surface area contributed by atoms with Gasteiger partial charge in [-0.1, -0.05) is 48.2 Å². The zero-order valence-electron chi connectivity index (χ0n) is 19.7. The van der Waals surface area contributed by atoms with Crippen LogP contribution in [-0.4, -0.2) is 35.7 Å². The average molecular weight is 514 g/mol. The summed E-state index contributed by atoms with van der Waals surface area (Å²) in [5.74, 6) is 0.363. The van der Waals surface area contributed by atoms with E-state index < -0.39 is 11.7 Å². The molecule has 36 heavy (non-hydrogen) atoms. The Hall–Kier alpha value is -3.30. The van der Waals surface area contributed by atoms with E-state index in [-0.39, 0.29) is 5.91 Å². The molecule has 0 aliphatic heterocycles. The number of benzene rings is 3. The lowest BCUT2D eigenvalue weighted by atomic mass is 10.1. The molecule has 3 aromatic carbocycles. The number of imidazole rings is 1. The van der Waals surface area contributed by atoms with Gasteiger partial charge < -0.3 is 14.6 Å². The van der Waals surface area contributed by atoms with Crippen molar-refractivity contribution in [3.8, 4) is 0 Å². The number of hydrogen-bond donors (Lipinski definition) is 1. The third kappa shape index (κ3) is 6.47. The Bertz CT molecular complexity index is 1300.